The number of aliphatic imine (C=N–C) groups is 1. The van der Waals surface area contributed by atoms with Crippen LogP contribution in [0.4, 0.5) is 0 Å². The lowest BCUT2D eigenvalue weighted by atomic mass is 10.1. The van der Waals surface area contributed by atoms with Crippen LogP contribution >= 0.6 is 22.7 Å². The second-order valence-electron chi connectivity index (χ2n) is 5.01. The molecule has 0 spiro atoms. The van der Waals surface area contributed by atoms with Gasteiger partial charge in [0.1, 0.15) is 5.01 Å². The van der Waals surface area contributed by atoms with Gasteiger partial charge in [-0.25, -0.2) is 4.98 Å². The number of nitrogens with zero attached hydrogens (tertiary/aromatic N) is 2. The molecule has 21 heavy (non-hydrogen) atoms. The molecule has 2 rings (SSSR count). The number of thiazole rings is 1. The monoisotopic (exact) mass is 322 g/mol. The maximum absolute atomic E-state index is 4.53. The lowest BCUT2D eigenvalue weighted by Gasteiger charge is -2.14. The summed E-state index contributed by atoms with van der Waals surface area (Å²) in [5.41, 5.74) is 2.49. The molecule has 2 aromatic heterocycles. The van der Waals surface area contributed by atoms with Gasteiger partial charge in [0.25, 0.3) is 0 Å². The molecule has 0 aromatic carbocycles. The minimum atomic E-state index is 0.471. The average molecular weight is 323 g/mol. The molecule has 114 valence electrons. The van der Waals surface area contributed by atoms with E-state index in [-0.39, 0.29) is 0 Å². The fourth-order valence-corrected chi connectivity index (χ4v) is 3.57. The topological polar surface area (TPSA) is 49.3 Å². The van der Waals surface area contributed by atoms with E-state index in [1.165, 1.54) is 10.4 Å². The van der Waals surface area contributed by atoms with Crippen molar-refractivity contribution < 1.29 is 0 Å². The molecule has 0 amide bonds. The Kier molecular flexibility index (Phi) is 5.76. The fourth-order valence-electron chi connectivity index (χ4n) is 1.92. The highest BCUT2D eigenvalue weighted by molar-refractivity contribution is 7.11. The molecule has 0 aliphatic rings. The minimum Gasteiger partial charge on any atom is -0.356 e. The Morgan fingerprint density at radius 2 is 2.19 bits per heavy atom. The summed E-state index contributed by atoms with van der Waals surface area (Å²) in [6.07, 6.45) is 0. The summed E-state index contributed by atoms with van der Waals surface area (Å²) in [6.45, 7) is 7.95. The summed E-state index contributed by atoms with van der Waals surface area (Å²) in [6, 6.07) is 2.17. The zero-order valence-electron chi connectivity index (χ0n) is 12.9. The van der Waals surface area contributed by atoms with Gasteiger partial charge in [0.15, 0.2) is 5.96 Å². The normalized spacial score (nSPS) is 13.2. The van der Waals surface area contributed by atoms with Crippen LogP contribution in [0.15, 0.2) is 21.8 Å². The maximum atomic E-state index is 4.53. The van der Waals surface area contributed by atoms with Gasteiger partial charge in [-0.3, -0.25) is 4.99 Å². The number of guanidine groups is 1. The van der Waals surface area contributed by atoms with Crippen LogP contribution in [0.2, 0.25) is 0 Å². The molecule has 1 atom stereocenters. The largest absolute Gasteiger partial charge is 0.356 e. The summed E-state index contributed by atoms with van der Waals surface area (Å²) in [5, 5.41) is 12.1. The van der Waals surface area contributed by atoms with Crippen molar-refractivity contribution in [2.45, 2.75) is 33.2 Å². The van der Waals surface area contributed by atoms with Crippen molar-refractivity contribution in [1.82, 2.24) is 15.6 Å². The van der Waals surface area contributed by atoms with E-state index >= 15 is 0 Å². The molecule has 1 unspecified atom stereocenters. The first-order chi connectivity index (χ1) is 10.1. The number of rotatable bonds is 5. The van der Waals surface area contributed by atoms with Gasteiger partial charge in [-0.2, -0.15) is 11.3 Å². The Labute approximate surface area is 134 Å². The lowest BCUT2D eigenvalue weighted by molar-refractivity contribution is 0.700. The molecule has 2 heterocycles. The highest BCUT2D eigenvalue weighted by Crippen LogP contribution is 2.17. The van der Waals surface area contributed by atoms with Gasteiger partial charge < -0.3 is 10.6 Å². The molecule has 0 radical (unpaired) electrons. The molecule has 0 fully saturated rings. The Bertz CT molecular complexity index is 567. The van der Waals surface area contributed by atoms with Gasteiger partial charge in [-0.05, 0) is 42.2 Å². The van der Waals surface area contributed by atoms with Crippen LogP contribution in [0.25, 0.3) is 0 Å². The summed E-state index contributed by atoms with van der Waals surface area (Å²) in [4.78, 5) is 10.1. The van der Waals surface area contributed by atoms with Crippen LogP contribution in [-0.4, -0.2) is 24.5 Å². The summed E-state index contributed by atoms with van der Waals surface area (Å²) >= 11 is 3.47. The highest BCUT2D eigenvalue weighted by atomic mass is 32.1. The first kappa shape index (κ1) is 16.0. The average Bonchev–Trinajstić information content (AvgIpc) is 3.10. The number of hydrogen-bond donors (Lipinski definition) is 2. The molecule has 0 saturated carbocycles. The van der Waals surface area contributed by atoms with E-state index in [9.17, 15) is 0 Å². The van der Waals surface area contributed by atoms with Crippen LogP contribution in [0.1, 0.15) is 34.0 Å². The van der Waals surface area contributed by atoms with E-state index in [4.69, 9.17) is 0 Å². The van der Waals surface area contributed by atoms with E-state index in [1.807, 2.05) is 6.92 Å². The van der Waals surface area contributed by atoms with Crippen LogP contribution in [0.5, 0.6) is 0 Å². The molecule has 0 bridgehead atoms. The quantitative estimate of drug-likeness (QED) is 0.656. The summed E-state index contributed by atoms with van der Waals surface area (Å²) in [7, 11) is 1.79. The standard InChI is InChI=1S/C15H22N4S2/c1-10(13-5-6-20-9-13)7-17-15(16-4)18-8-14-19-11(2)12(3)21-14/h5-6,9-10H,7-8H2,1-4H3,(H2,16,17,18). The molecule has 2 aromatic rings. The van der Waals surface area contributed by atoms with E-state index in [0.717, 1.165) is 23.2 Å². The van der Waals surface area contributed by atoms with E-state index in [1.54, 1.807) is 29.7 Å². The molecule has 4 nitrogen and oxygen atoms in total. The minimum absolute atomic E-state index is 0.471. The van der Waals surface area contributed by atoms with Crippen molar-refractivity contribution >= 4 is 28.6 Å². The fraction of sp³-hybridized carbons (Fsp3) is 0.467. The predicted octanol–water partition coefficient (Wildman–Crippen LogP) is 3.29. The van der Waals surface area contributed by atoms with Crippen LogP contribution in [0, 0.1) is 13.8 Å². The Hall–Kier alpha value is -1.40. The zero-order chi connectivity index (χ0) is 15.2. The zero-order valence-corrected chi connectivity index (χ0v) is 14.6. The van der Waals surface area contributed by atoms with Crippen molar-refractivity contribution in [2.75, 3.05) is 13.6 Å². The molecule has 0 aliphatic heterocycles. The summed E-state index contributed by atoms with van der Waals surface area (Å²) in [5.74, 6) is 1.29. The Balaban J connectivity index is 1.81. The van der Waals surface area contributed by atoms with E-state index in [0.29, 0.717) is 12.5 Å². The highest BCUT2D eigenvalue weighted by Gasteiger charge is 2.08. The smallest absolute Gasteiger partial charge is 0.191 e. The third-order valence-corrected chi connectivity index (χ3v) is 5.17. The number of thiophene rings is 1. The summed E-state index contributed by atoms with van der Waals surface area (Å²) < 4.78 is 0. The SMILES string of the molecule is CN=C(NCc1nc(C)c(C)s1)NCC(C)c1ccsc1. The second-order valence-corrected chi connectivity index (χ2v) is 7.08. The number of nitrogens with one attached hydrogen (secondary N) is 2. The Morgan fingerprint density at radius 1 is 1.38 bits per heavy atom. The van der Waals surface area contributed by atoms with Gasteiger partial charge >= 0.3 is 0 Å². The Morgan fingerprint density at radius 3 is 2.76 bits per heavy atom. The van der Waals surface area contributed by atoms with Crippen molar-refractivity contribution in [1.29, 1.82) is 0 Å². The molecular formula is C15H22N4S2. The molecular weight excluding hydrogens is 300 g/mol. The van der Waals surface area contributed by atoms with Gasteiger partial charge in [-0.15, -0.1) is 11.3 Å². The van der Waals surface area contributed by atoms with Gasteiger partial charge in [0, 0.05) is 18.5 Å². The van der Waals surface area contributed by atoms with E-state index < -0.39 is 0 Å². The third-order valence-electron chi connectivity index (χ3n) is 3.39. The van der Waals surface area contributed by atoms with Gasteiger partial charge in [0.2, 0.25) is 0 Å². The van der Waals surface area contributed by atoms with Crippen molar-refractivity contribution in [3.8, 4) is 0 Å². The van der Waals surface area contributed by atoms with E-state index in [2.05, 4.69) is 51.3 Å². The number of aryl methyl sites for hydroxylation is 2. The third kappa shape index (κ3) is 4.54. The van der Waals surface area contributed by atoms with Crippen molar-refractivity contribution in [3.63, 3.8) is 0 Å². The predicted molar refractivity (Wildman–Crippen MR) is 92.5 cm³/mol. The molecule has 0 saturated heterocycles. The van der Waals surface area contributed by atoms with Crippen molar-refractivity contribution in [2.24, 2.45) is 4.99 Å². The van der Waals surface area contributed by atoms with Gasteiger partial charge in [0.05, 0.1) is 12.2 Å². The second kappa shape index (κ2) is 7.56. The molecule has 2 N–H and O–H groups in total. The van der Waals surface area contributed by atoms with Crippen LogP contribution in [0.3, 0.4) is 0 Å². The molecule has 6 heteroatoms. The number of hydrogen-bond acceptors (Lipinski definition) is 4. The first-order valence-electron chi connectivity index (χ1n) is 6.99. The van der Waals surface area contributed by atoms with Gasteiger partial charge in [-0.1, -0.05) is 6.92 Å². The lowest BCUT2D eigenvalue weighted by Crippen LogP contribution is -2.38. The number of aromatic nitrogens is 1. The van der Waals surface area contributed by atoms with Crippen LogP contribution in [-0.2, 0) is 6.54 Å². The first-order valence-corrected chi connectivity index (χ1v) is 8.75. The van der Waals surface area contributed by atoms with Crippen molar-refractivity contribution in [3.05, 3.63) is 38.0 Å². The molecule has 0 aliphatic carbocycles. The maximum Gasteiger partial charge on any atom is 0.191 e. The van der Waals surface area contributed by atoms with Crippen LogP contribution < -0.4 is 10.6 Å².